The quantitative estimate of drug-likeness (QED) is 0.551. The normalized spacial score (nSPS) is 21.8. The average molecular weight is 206 g/mol. The topological polar surface area (TPSA) is 46.4 Å². The van der Waals surface area contributed by atoms with Gasteiger partial charge in [0.25, 0.3) is 5.69 Å². The number of nitrogens with zero attached hydrogens (tertiary/aromatic N) is 2. The Kier molecular flexibility index (Phi) is 2.68. The lowest BCUT2D eigenvalue weighted by Crippen LogP contribution is -2.17. The average Bonchev–Trinajstić information content (AvgIpc) is 2.64. The summed E-state index contributed by atoms with van der Waals surface area (Å²) < 4.78 is 0. The second-order valence-electron chi connectivity index (χ2n) is 3.99. The van der Waals surface area contributed by atoms with E-state index in [0.29, 0.717) is 6.04 Å². The van der Waals surface area contributed by atoms with E-state index < -0.39 is 0 Å². The van der Waals surface area contributed by atoms with Gasteiger partial charge in [-0.1, -0.05) is 12.1 Å². The maximum atomic E-state index is 10.6. The first kappa shape index (κ1) is 10.1. The Labute approximate surface area is 88.7 Å². The molecule has 1 aromatic rings. The Morgan fingerprint density at radius 2 is 2.33 bits per heavy atom. The molecule has 1 heterocycles. The van der Waals surface area contributed by atoms with E-state index in [1.54, 1.807) is 18.2 Å². The molecule has 15 heavy (non-hydrogen) atoms. The first-order valence-electron chi connectivity index (χ1n) is 5.13. The van der Waals surface area contributed by atoms with E-state index in [9.17, 15) is 10.1 Å². The third-order valence-corrected chi connectivity index (χ3v) is 2.99. The van der Waals surface area contributed by atoms with Gasteiger partial charge < -0.3 is 0 Å². The van der Waals surface area contributed by atoms with Crippen LogP contribution in [0.4, 0.5) is 5.69 Å². The van der Waals surface area contributed by atoms with Gasteiger partial charge in [-0.2, -0.15) is 0 Å². The molecule has 1 aromatic carbocycles. The van der Waals surface area contributed by atoms with Crippen LogP contribution in [-0.4, -0.2) is 23.4 Å². The summed E-state index contributed by atoms with van der Waals surface area (Å²) >= 11 is 0. The molecule has 1 aliphatic rings. The Balaban J connectivity index is 2.28. The summed E-state index contributed by atoms with van der Waals surface area (Å²) in [6.45, 7) is 1.08. The van der Waals surface area contributed by atoms with Crippen LogP contribution in [0.25, 0.3) is 0 Å². The lowest BCUT2D eigenvalue weighted by atomic mass is 10.0. The monoisotopic (exact) mass is 206 g/mol. The van der Waals surface area contributed by atoms with Crippen LogP contribution in [0.1, 0.15) is 24.4 Å². The second kappa shape index (κ2) is 3.98. The predicted molar refractivity (Wildman–Crippen MR) is 57.7 cm³/mol. The zero-order valence-electron chi connectivity index (χ0n) is 8.72. The van der Waals surface area contributed by atoms with Crippen LogP contribution in [0.2, 0.25) is 0 Å². The minimum absolute atomic E-state index is 0.188. The van der Waals surface area contributed by atoms with Crippen LogP contribution in [-0.2, 0) is 0 Å². The second-order valence-corrected chi connectivity index (χ2v) is 3.99. The van der Waals surface area contributed by atoms with E-state index in [4.69, 9.17) is 0 Å². The minimum Gasteiger partial charge on any atom is -0.299 e. The molecule has 80 valence electrons. The smallest absolute Gasteiger partial charge is 0.269 e. The fraction of sp³-hybridized carbons (Fsp3) is 0.455. The highest BCUT2D eigenvalue weighted by molar-refractivity contribution is 5.36. The minimum atomic E-state index is -0.335. The Morgan fingerprint density at radius 1 is 1.53 bits per heavy atom. The summed E-state index contributed by atoms with van der Waals surface area (Å²) in [5, 5.41) is 10.6. The van der Waals surface area contributed by atoms with E-state index in [0.717, 1.165) is 18.5 Å². The largest absolute Gasteiger partial charge is 0.299 e. The third kappa shape index (κ3) is 1.99. The van der Waals surface area contributed by atoms with Crippen molar-refractivity contribution in [2.45, 2.75) is 18.9 Å². The molecule has 0 bridgehead atoms. The third-order valence-electron chi connectivity index (χ3n) is 2.99. The number of hydrogen-bond donors (Lipinski definition) is 0. The summed E-state index contributed by atoms with van der Waals surface area (Å²) in [5.41, 5.74) is 1.25. The van der Waals surface area contributed by atoms with Crippen LogP contribution in [0.3, 0.4) is 0 Å². The molecule has 0 radical (unpaired) electrons. The van der Waals surface area contributed by atoms with Gasteiger partial charge in [0.15, 0.2) is 0 Å². The van der Waals surface area contributed by atoms with E-state index in [-0.39, 0.29) is 10.6 Å². The van der Waals surface area contributed by atoms with Gasteiger partial charge in [-0.05, 0) is 32.0 Å². The van der Waals surface area contributed by atoms with Gasteiger partial charge in [0.05, 0.1) is 4.92 Å². The molecule has 1 aliphatic heterocycles. The van der Waals surface area contributed by atoms with Crippen LogP contribution in [0.15, 0.2) is 24.3 Å². The van der Waals surface area contributed by atoms with Crippen molar-refractivity contribution in [2.75, 3.05) is 13.6 Å². The molecule has 1 saturated heterocycles. The number of rotatable bonds is 2. The molecule has 1 atom stereocenters. The van der Waals surface area contributed by atoms with Gasteiger partial charge in [-0.25, -0.2) is 0 Å². The van der Waals surface area contributed by atoms with Crippen LogP contribution < -0.4 is 0 Å². The summed E-state index contributed by atoms with van der Waals surface area (Å²) in [7, 11) is 2.07. The number of nitro benzene ring substituents is 1. The van der Waals surface area contributed by atoms with Crippen molar-refractivity contribution >= 4 is 5.69 Å². The van der Waals surface area contributed by atoms with Crippen molar-refractivity contribution in [3.05, 3.63) is 39.9 Å². The van der Waals surface area contributed by atoms with Crippen molar-refractivity contribution in [3.8, 4) is 0 Å². The maximum Gasteiger partial charge on any atom is 0.269 e. The van der Waals surface area contributed by atoms with E-state index >= 15 is 0 Å². The first-order valence-corrected chi connectivity index (χ1v) is 5.13. The highest BCUT2D eigenvalue weighted by Gasteiger charge is 2.23. The lowest BCUT2D eigenvalue weighted by molar-refractivity contribution is -0.384. The Hall–Kier alpha value is -1.42. The molecule has 0 N–H and O–H groups in total. The van der Waals surface area contributed by atoms with Gasteiger partial charge in [-0.3, -0.25) is 15.0 Å². The van der Waals surface area contributed by atoms with Gasteiger partial charge in [0.2, 0.25) is 0 Å². The van der Waals surface area contributed by atoms with Gasteiger partial charge in [-0.15, -0.1) is 0 Å². The fourth-order valence-corrected chi connectivity index (χ4v) is 2.18. The van der Waals surface area contributed by atoms with E-state index in [2.05, 4.69) is 11.9 Å². The number of non-ortho nitro benzene ring substituents is 1. The standard InChI is InChI=1S/C11H14N2O2/c1-12-7-3-6-11(12)9-4-2-5-10(8-9)13(14)15/h2,4-5,8,11H,3,6-7H2,1H3. The van der Waals surface area contributed by atoms with Crippen LogP contribution in [0.5, 0.6) is 0 Å². The Morgan fingerprint density at radius 3 is 2.93 bits per heavy atom. The molecule has 0 aromatic heterocycles. The number of likely N-dealkylation sites (tertiary alicyclic amines) is 1. The SMILES string of the molecule is CN1CCCC1c1cccc([N+](=O)[O-])c1. The molecular formula is C11H14N2O2. The number of benzene rings is 1. The molecule has 4 nitrogen and oxygen atoms in total. The van der Waals surface area contributed by atoms with Gasteiger partial charge in [0.1, 0.15) is 0 Å². The highest BCUT2D eigenvalue weighted by Crippen LogP contribution is 2.31. The fourth-order valence-electron chi connectivity index (χ4n) is 2.18. The summed E-state index contributed by atoms with van der Waals surface area (Å²) in [6, 6.07) is 7.31. The highest BCUT2D eigenvalue weighted by atomic mass is 16.6. The summed E-state index contributed by atoms with van der Waals surface area (Å²) in [6.07, 6.45) is 2.27. The van der Waals surface area contributed by atoms with Crippen molar-refractivity contribution in [1.29, 1.82) is 0 Å². The lowest BCUT2D eigenvalue weighted by Gasteiger charge is -2.19. The van der Waals surface area contributed by atoms with Crippen LogP contribution in [0, 0.1) is 10.1 Å². The number of hydrogen-bond acceptors (Lipinski definition) is 3. The molecule has 1 unspecified atom stereocenters. The van der Waals surface area contributed by atoms with Crippen LogP contribution >= 0.6 is 0 Å². The first-order chi connectivity index (χ1) is 7.18. The maximum absolute atomic E-state index is 10.6. The molecule has 0 aliphatic carbocycles. The zero-order chi connectivity index (χ0) is 10.8. The van der Waals surface area contributed by atoms with Gasteiger partial charge >= 0.3 is 0 Å². The molecule has 4 heteroatoms. The predicted octanol–water partition coefficient (Wildman–Crippen LogP) is 2.36. The molecule has 0 amide bonds. The molecule has 2 rings (SSSR count). The Bertz CT molecular complexity index is 379. The summed E-state index contributed by atoms with van der Waals surface area (Å²) in [4.78, 5) is 12.6. The molecule has 1 fully saturated rings. The van der Waals surface area contributed by atoms with E-state index in [1.165, 1.54) is 6.42 Å². The van der Waals surface area contributed by atoms with Crippen molar-refractivity contribution < 1.29 is 4.92 Å². The van der Waals surface area contributed by atoms with Crippen molar-refractivity contribution in [3.63, 3.8) is 0 Å². The van der Waals surface area contributed by atoms with Crippen molar-refractivity contribution in [2.24, 2.45) is 0 Å². The molecule has 0 spiro atoms. The molecular weight excluding hydrogens is 192 g/mol. The summed E-state index contributed by atoms with van der Waals surface area (Å²) in [5.74, 6) is 0. The zero-order valence-corrected chi connectivity index (χ0v) is 8.72. The van der Waals surface area contributed by atoms with Crippen molar-refractivity contribution in [1.82, 2.24) is 4.90 Å². The van der Waals surface area contributed by atoms with Gasteiger partial charge in [0, 0.05) is 18.2 Å². The van der Waals surface area contributed by atoms with E-state index in [1.807, 2.05) is 6.07 Å². The number of nitro groups is 1. The molecule has 0 saturated carbocycles.